The molecule has 6 nitrogen and oxygen atoms in total. The molecule has 0 radical (unpaired) electrons. The molecule has 1 fully saturated rings. The molecule has 1 N–H and O–H groups in total. The maximum Gasteiger partial charge on any atom is 0.276 e. The summed E-state index contributed by atoms with van der Waals surface area (Å²) in [5.74, 6) is -4.57. The normalized spacial score (nSPS) is 20.7. The van der Waals surface area contributed by atoms with Crippen molar-refractivity contribution < 1.29 is 23.1 Å². The largest absolute Gasteiger partial charge is 0.502 e. The van der Waals surface area contributed by atoms with Gasteiger partial charge in [0.25, 0.3) is 5.91 Å². The van der Waals surface area contributed by atoms with Crippen molar-refractivity contribution in [2.24, 2.45) is 0 Å². The van der Waals surface area contributed by atoms with Crippen LogP contribution in [0.2, 0.25) is 0 Å². The molecule has 2 aliphatic rings. The van der Waals surface area contributed by atoms with Crippen LogP contribution >= 0.6 is 0 Å². The lowest BCUT2D eigenvalue weighted by Crippen LogP contribution is -2.50. The molecule has 2 aliphatic heterocycles. The van der Waals surface area contributed by atoms with Crippen LogP contribution in [0.1, 0.15) is 46.4 Å². The van der Waals surface area contributed by atoms with Crippen LogP contribution in [0.3, 0.4) is 0 Å². The predicted molar refractivity (Wildman–Crippen MR) is 108 cm³/mol. The summed E-state index contributed by atoms with van der Waals surface area (Å²) in [5, 5.41) is 14.5. The number of nitrogens with zero attached hydrogens (tertiary/aromatic N) is 3. The number of hydrogen-bond acceptors (Lipinski definition) is 4. The smallest absolute Gasteiger partial charge is 0.276 e. The average molecular weight is 441 g/mol. The Labute approximate surface area is 180 Å². The number of amides is 1. The number of aromatic nitrogens is 2. The zero-order valence-corrected chi connectivity index (χ0v) is 16.7. The Morgan fingerprint density at radius 2 is 1.81 bits per heavy atom. The van der Waals surface area contributed by atoms with Gasteiger partial charge in [-0.2, -0.15) is 5.10 Å². The fourth-order valence-electron chi connectivity index (χ4n) is 4.94. The van der Waals surface area contributed by atoms with E-state index in [1.165, 1.54) is 28.9 Å². The number of halogens is 3. The summed E-state index contributed by atoms with van der Waals surface area (Å²) in [6.45, 7) is 0.413. The first-order valence-corrected chi connectivity index (χ1v) is 10.2. The average Bonchev–Trinajstić information content (AvgIpc) is 3.25. The van der Waals surface area contributed by atoms with Crippen LogP contribution < -0.4 is 5.43 Å². The molecule has 2 aromatic carbocycles. The quantitative estimate of drug-likeness (QED) is 0.677. The summed E-state index contributed by atoms with van der Waals surface area (Å²) in [5.41, 5.74) is -0.236. The van der Waals surface area contributed by atoms with Crippen molar-refractivity contribution >= 4 is 5.91 Å². The van der Waals surface area contributed by atoms with Gasteiger partial charge >= 0.3 is 0 Å². The van der Waals surface area contributed by atoms with Crippen LogP contribution in [-0.2, 0) is 0 Å². The molecular weight excluding hydrogens is 423 g/mol. The van der Waals surface area contributed by atoms with Gasteiger partial charge in [0.2, 0.25) is 5.43 Å². The monoisotopic (exact) mass is 441 g/mol. The van der Waals surface area contributed by atoms with E-state index in [1.807, 2.05) is 0 Å². The summed E-state index contributed by atoms with van der Waals surface area (Å²) in [4.78, 5) is 26.7. The standard InChI is InChI=1S/C23H18F3N3O3/c24-14-4-1-3-12(9-14)19(13-6-7-15(25)16(26)10-13)20-17-5-2-8-28(17)23(32)21-22(31)18(30)11-27-29(20)21/h1,3-4,6-7,9-11,17,19-20,31H,2,5,8H2/t17-,19-,20-/m1/s1. The summed E-state index contributed by atoms with van der Waals surface area (Å²) in [7, 11) is 0. The van der Waals surface area contributed by atoms with Gasteiger partial charge in [-0.15, -0.1) is 0 Å². The third-order valence-corrected chi connectivity index (χ3v) is 6.28. The lowest BCUT2D eigenvalue weighted by atomic mass is 9.80. The zero-order chi connectivity index (χ0) is 22.6. The summed E-state index contributed by atoms with van der Waals surface area (Å²) < 4.78 is 43.4. The number of carbonyl (C=O) groups is 1. The molecule has 1 amide bonds. The van der Waals surface area contributed by atoms with E-state index in [9.17, 15) is 27.9 Å². The van der Waals surface area contributed by atoms with E-state index in [4.69, 9.17) is 0 Å². The van der Waals surface area contributed by atoms with E-state index < -0.39 is 52.5 Å². The minimum atomic E-state index is -1.06. The Hall–Kier alpha value is -3.62. The van der Waals surface area contributed by atoms with Gasteiger partial charge in [-0.05, 0) is 48.2 Å². The highest BCUT2D eigenvalue weighted by atomic mass is 19.2. The van der Waals surface area contributed by atoms with Crippen molar-refractivity contribution in [1.29, 1.82) is 0 Å². The van der Waals surface area contributed by atoms with Crippen LogP contribution in [0.15, 0.2) is 53.5 Å². The van der Waals surface area contributed by atoms with Crippen LogP contribution in [0.25, 0.3) is 0 Å². The number of benzene rings is 2. The number of hydrogen-bond donors (Lipinski definition) is 1. The highest BCUT2D eigenvalue weighted by Crippen LogP contribution is 2.45. The third kappa shape index (κ3) is 3.07. The van der Waals surface area contributed by atoms with Gasteiger partial charge in [-0.25, -0.2) is 13.2 Å². The number of rotatable bonds is 3. The molecule has 0 spiro atoms. The third-order valence-electron chi connectivity index (χ3n) is 6.28. The molecule has 0 saturated carbocycles. The van der Waals surface area contributed by atoms with Crippen molar-refractivity contribution in [3.8, 4) is 5.75 Å². The Morgan fingerprint density at radius 1 is 1.03 bits per heavy atom. The molecular formula is C23H18F3N3O3. The zero-order valence-electron chi connectivity index (χ0n) is 16.7. The number of fused-ring (bicyclic) bond motifs is 2. The lowest BCUT2D eigenvalue weighted by molar-refractivity contribution is 0.0565. The Balaban J connectivity index is 1.79. The van der Waals surface area contributed by atoms with Crippen molar-refractivity contribution in [2.45, 2.75) is 30.8 Å². The van der Waals surface area contributed by atoms with Crippen LogP contribution in [0.5, 0.6) is 5.75 Å². The molecule has 5 rings (SSSR count). The second kappa shape index (κ2) is 7.51. The summed E-state index contributed by atoms with van der Waals surface area (Å²) in [6.07, 6.45) is 2.19. The predicted octanol–water partition coefficient (Wildman–Crippen LogP) is 3.36. The molecule has 0 bridgehead atoms. The van der Waals surface area contributed by atoms with Gasteiger partial charge in [-0.1, -0.05) is 18.2 Å². The van der Waals surface area contributed by atoms with E-state index in [0.29, 0.717) is 30.5 Å². The molecule has 0 aliphatic carbocycles. The van der Waals surface area contributed by atoms with Gasteiger partial charge in [0.15, 0.2) is 23.1 Å². The van der Waals surface area contributed by atoms with Gasteiger partial charge in [0, 0.05) is 12.5 Å². The molecule has 3 heterocycles. The van der Waals surface area contributed by atoms with Crippen molar-refractivity contribution in [3.05, 3.63) is 93.2 Å². The summed E-state index contributed by atoms with van der Waals surface area (Å²) >= 11 is 0. The topological polar surface area (TPSA) is 75.4 Å². The molecule has 0 unspecified atom stereocenters. The van der Waals surface area contributed by atoms with E-state index in [-0.39, 0.29) is 5.69 Å². The Bertz CT molecular complexity index is 1290. The van der Waals surface area contributed by atoms with Gasteiger partial charge < -0.3 is 10.0 Å². The Morgan fingerprint density at radius 3 is 2.56 bits per heavy atom. The maximum atomic E-state index is 14.2. The van der Waals surface area contributed by atoms with Gasteiger partial charge in [0.05, 0.1) is 18.3 Å². The molecule has 32 heavy (non-hydrogen) atoms. The second-order valence-electron chi connectivity index (χ2n) is 8.06. The van der Waals surface area contributed by atoms with E-state index in [0.717, 1.165) is 18.3 Å². The van der Waals surface area contributed by atoms with Crippen molar-refractivity contribution in [3.63, 3.8) is 0 Å². The van der Waals surface area contributed by atoms with Crippen LogP contribution in [0, 0.1) is 17.5 Å². The van der Waals surface area contributed by atoms with E-state index >= 15 is 0 Å². The summed E-state index contributed by atoms with van der Waals surface area (Å²) in [6, 6.07) is 8.09. The minimum Gasteiger partial charge on any atom is -0.502 e. The first kappa shape index (κ1) is 20.3. The number of aromatic hydroxyl groups is 1. The van der Waals surface area contributed by atoms with Crippen molar-refractivity contribution in [2.75, 3.05) is 6.54 Å². The highest BCUT2D eigenvalue weighted by Gasteiger charge is 2.48. The molecule has 3 aromatic rings. The van der Waals surface area contributed by atoms with E-state index in [2.05, 4.69) is 5.10 Å². The van der Waals surface area contributed by atoms with Crippen molar-refractivity contribution in [1.82, 2.24) is 14.7 Å². The van der Waals surface area contributed by atoms with Gasteiger partial charge in [-0.3, -0.25) is 14.3 Å². The Kier molecular flexibility index (Phi) is 4.76. The first-order chi connectivity index (χ1) is 15.4. The fourth-order valence-corrected chi connectivity index (χ4v) is 4.94. The molecule has 164 valence electrons. The molecule has 1 saturated heterocycles. The first-order valence-electron chi connectivity index (χ1n) is 10.2. The molecule has 3 atom stereocenters. The highest BCUT2D eigenvalue weighted by molar-refractivity contribution is 5.96. The lowest BCUT2D eigenvalue weighted by Gasteiger charge is -2.42. The fraction of sp³-hybridized carbons (Fsp3) is 0.261. The van der Waals surface area contributed by atoms with Gasteiger partial charge in [0.1, 0.15) is 5.82 Å². The SMILES string of the molecule is O=C1c2c(O)c(=O)cnn2[C@@H]([C@H](c2cccc(F)c2)c2ccc(F)c(F)c2)[C@H]2CCCN12. The maximum absolute atomic E-state index is 14.2. The second-order valence-corrected chi connectivity index (χ2v) is 8.06. The molecule has 1 aromatic heterocycles. The number of carbonyl (C=O) groups excluding carboxylic acids is 1. The molecule has 9 heteroatoms. The van der Waals surface area contributed by atoms with Crippen LogP contribution in [-0.4, -0.2) is 38.3 Å². The minimum absolute atomic E-state index is 0.260. The van der Waals surface area contributed by atoms with E-state index in [1.54, 1.807) is 11.0 Å². The van der Waals surface area contributed by atoms with Crippen LogP contribution in [0.4, 0.5) is 13.2 Å².